The van der Waals surface area contributed by atoms with Crippen molar-refractivity contribution in [3.63, 3.8) is 0 Å². The topological polar surface area (TPSA) is 102 Å². The van der Waals surface area contributed by atoms with Gasteiger partial charge in [0, 0.05) is 5.56 Å². The van der Waals surface area contributed by atoms with Crippen LogP contribution in [0.1, 0.15) is 52.5 Å². The van der Waals surface area contributed by atoms with Crippen molar-refractivity contribution in [1.29, 1.82) is 0 Å². The molecular weight excluding hydrogens is 436 g/mol. The molecule has 3 aromatic rings. The van der Waals surface area contributed by atoms with Crippen molar-refractivity contribution in [1.82, 2.24) is 5.32 Å². The number of hydrogen-bond donors (Lipinski definition) is 2. The fourth-order valence-electron chi connectivity index (χ4n) is 2.98. The number of benzene rings is 1. The Kier molecular flexibility index (Phi) is 6.98. The summed E-state index contributed by atoms with van der Waals surface area (Å²) in [5.41, 5.74) is 1.00. The third kappa shape index (κ3) is 4.89. The molecule has 0 bridgehead atoms. The Morgan fingerprint density at radius 3 is 2.32 bits per heavy atom. The van der Waals surface area contributed by atoms with Crippen molar-refractivity contribution in [2.45, 2.75) is 20.0 Å². The summed E-state index contributed by atoms with van der Waals surface area (Å²) < 4.78 is 4.86. The number of methoxy groups -OCH3 is 1. The number of Topliss-reactive ketones (excluding diaryl/α,β-unsaturated/α-hetero) is 2. The summed E-state index contributed by atoms with van der Waals surface area (Å²) in [6, 6.07) is 11.9. The first-order valence-electron chi connectivity index (χ1n) is 9.26. The third-order valence-corrected chi connectivity index (χ3v) is 6.66. The van der Waals surface area contributed by atoms with E-state index >= 15 is 0 Å². The lowest BCUT2D eigenvalue weighted by atomic mass is 10.1. The number of amides is 1. The van der Waals surface area contributed by atoms with Gasteiger partial charge in [0.1, 0.15) is 5.00 Å². The second-order valence-electron chi connectivity index (χ2n) is 6.57. The first-order valence-corrected chi connectivity index (χ1v) is 11.0. The summed E-state index contributed by atoms with van der Waals surface area (Å²) in [4.78, 5) is 51.0. The molecule has 0 aliphatic rings. The molecule has 0 fully saturated rings. The van der Waals surface area contributed by atoms with E-state index in [1.807, 2.05) is 0 Å². The molecule has 0 aliphatic carbocycles. The van der Waals surface area contributed by atoms with Gasteiger partial charge in [-0.1, -0.05) is 36.4 Å². The molecule has 0 saturated carbocycles. The van der Waals surface area contributed by atoms with Gasteiger partial charge in [-0.3, -0.25) is 14.4 Å². The van der Waals surface area contributed by atoms with Crippen LogP contribution in [0.4, 0.5) is 5.00 Å². The molecule has 2 heterocycles. The fraction of sp³-hybridized carbons (Fsp3) is 0.182. The monoisotopic (exact) mass is 456 g/mol. The molecule has 2 N–H and O–H groups in total. The standard InChI is InChI=1S/C22H20N2O5S2/c1-12-16(22(28)29-3)21(31-18(12)13(2)25)24-19(17(26)14-8-5-4-6-9-14)23-20(27)15-10-7-11-30-15/h4-11,19,24H,1-3H3,(H,23,27). The molecule has 7 nitrogen and oxygen atoms in total. The number of ether oxygens (including phenoxy) is 1. The van der Waals surface area contributed by atoms with Gasteiger partial charge in [0.2, 0.25) is 5.78 Å². The van der Waals surface area contributed by atoms with Crippen molar-refractivity contribution in [3.05, 3.63) is 74.3 Å². The van der Waals surface area contributed by atoms with Crippen LogP contribution >= 0.6 is 22.7 Å². The van der Waals surface area contributed by atoms with Gasteiger partial charge in [-0.2, -0.15) is 0 Å². The van der Waals surface area contributed by atoms with E-state index in [2.05, 4.69) is 10.6 Å². The maximum absolute atomic E-state index is 13.2. The number of nitrogens with one attached hydrogen (secondary N) is 2. The Labute approximate surface area is 187 Å². The molecule has 0 aliphatic heterocycles. The van der Waals surface area contributed by atoms with Crippen molar-refractivity contribution < 1.29 is 23.9 Å². The van der Waals surface area contributed by atoms with Gasteiger partial charge in [0.25, 0.3) is 5.91 Å². The van der Waals surface area contributed by atoms with Gasteiger partial charge < -0.3 is 15.4 Å². The molecule has 31 heavy (non-hydrogen) atoms. The van der Waals surface area contributed by atoms with Crippen LogP contribution in [0.25, 0.3) is 0 Å². The van der Waals surface area contributed by atoms with Gasteiger partial charge >= 0.3 is 5.97 Å². The van der Waals surface area contributed by atoms with Gasteiger partial charge in [-0.05, 0) is 30.9 Å². The Balaban J connectivity index is 2.01. The van der Waals surface area contributed by atoms with Crippen LogP contribution in [-0.2, 0) is 4.74 Å². The van der Waals surface area contributed by atoms with Crippen LogP contribution in [0.3, 0.4) is 0 Å². The summed E-state index contributed by atoms with van der Waals surface area (Å²) in [5.74, 6) is -1.68. The Hall–Kier alpha value is -3.30. The van der Waals surface area contributed by atoms with E-state index in [9.17, 15) is 19.2 Å². The zero-order valence-electron chi connectivity index (χ0n) is 17.1. The van der Waals surface area contributed by atoms with Crippen LogP contribution in [0, 0.1) is 6.92 Å². The number of ketones is 2. The van der Waals surface area contributed by atoms with Crippen LogP contribution in [0.15, 0.2) is 47.8 Å². The SMILES string of the molecule is COC(=O)c1c(NC(NC(=O)c2cccs2)C(=O)c2ccccc2)sc(C(C)=O)c1C. The van der Waals surface area contributed by atoms with E-state index in [1.54, 1.807) is 54.8 Å². The fourth-order valence-corrected chi connectivity index (χ4v) is 4.72. The second kappa shape index (κ2) is 9.67. The zero-order valence-corrected chi connectivity index (χ0v) is 18.7. The van der Waals surface area contributed by atoms with E-state index in [4.69, 9.17) is 4.74 Å². The highest BCUT2D eigenvalue weighted by Crippen LogP contribution is 2.34. The van der Waals surface area contributed by atoms with E-state index in [0.717, 1.165) is 11.3 Å². The quantitative estimate of drug-likeness (QED) is 0.300. The van der Waals surface area contributed by atoms with E-state index < -0.39 is 23.8 Å². The lowest BCUT2D eigenvalue weighted by Crippen LogP contribution is -2.46. The summed E-state index contributed by atoms with van der Waals surface area (Å²) >= 11 is 2.28. The predicted molar refractivity (Wildman–Crippen MR) is 120 cm³/mol. The molecule has 1 amide bonds. The highest BCUT2D eigenvalue weighted by Gasteiger charge is 2.29. The molecule has 9 heteroatoms. The third-order valence-electron chi connectivity index (χ3n) is 4.47. The molecule has 1 aromatic carbocycles. The predicted octanol–water partition coefficient (Wildman–Crippen LogP) is 4.16. The maximum atomic E-state index is 13.2. The van der Waals surface area contributed by atoms with Gasteiger partial charge in [-0.25, -0.2) is 4.79 Å². The number of carbonyl (C=O) groups is 4. The summed E-state index contributed by atoms with van der Waals surface area (Å²) in [6.45, 7) is 3.04. The molecular formula is C22H20N2O5S2. The summed E-state index contributed by atoms with van der Waals surface area (Å²) in [6.07, 6.45) is -1.17. The van der Waals surface area contributed by atoms with Crippen molar-refractivity contribution in [3.8, 4) is 0 Å². The lowest BCUT2D eigenvalue weighted by molar-refractivity contribution is 0.0601. The smallest absolute Gasteiger partial charge is 0.341 e. The summed E-state index contributed by atoms with van der Waals surface area (Å²) in [5, 5.41) is 7.68. The number of hydrogen-bond acceptors (Lipinski definition) is 8. The van der Waals surface area contributed by atoms with E-state index in [0.29, 0.717) is 20.9 Å². The number of carbonyl (C=O) groups excluding carboxylic acids is 4. The van der Waals surface area contributed by atoms with E-state index in [-0.39, 0.29) is 16.3 Å². The minimum absolute atomic E-state index is 0.161. The van der Waals surface area contributed by atoms with Crippen LogP contribution in [0.5, 0.6) is 0 Å². The Morgan fingerprint density at radius 2 is 1.74 bits per heavy atom. The Bertz CT molecular complexity index is 1120. The molecule has 0 spiro atoms. The Morgan fingerprint density at radius 1 is 1.03 bits per heavy atom. The van der Waals surface area contributed by atoms with Crippen LogP contribution in [-0.4, -0.2) is 36.7 Å². The number of thiophene rings is 2. The largest absolute Gasteiger partial charge is 0.465 e. The van der Waals surface area contributed by atoms with Crippen LogP contribution < -0.4 is 10.6 Å². The molecule has 3 rings (SSSR count). The van der Waals surface area contributed by atoms with Crippen molar-refractivity contribution in [2.24, 2.45) is 0 Å². The van der Waals surface area contributed by atoms with Gasteiger partial charge in [0.15, 0.2) is 11.9 Å². The first-order chi connectivity index (χ1) is 14.8. The minimum atomic E-state index is -1.17. The molecule has 0 radical (unpaired) electrons. The first kappa shape index (κ1) is 22.4. The molecule has 2 aromatic heterocycles. The van der Waals surface area contributed by atoms with Crippen molar-refractivity contribution >= 4 is 51.1 Å². The summed E-state index contributed by atoms with van der Waals surface area (Å²) in [7, 11) is 1.24. The van der Waals surface area contributed by atoms with Crippen LogP contribution in [0.2, 0.25) is 0 Å². The minimum Gasteiger partial charge on any atom is -0.465 e. The number of esters is 1. The lowest BCUT2D eigenvalue weighted by Gasteiger charge is -2.20. The van der Waals surface area contributed by atoms with Crippen molar-refractivity contribution in [2.75, 3.05) is 12.4 Å². The average Bonchev–Trinajstić information content (AvgIpc) is 3.41. The maximum Gasteiger partial charge on any atom is 0.341 e. The molecule has 160 valence electrons. The highest BCUT2D eigenvalue weighted by molar-refractivity contribution is 7.18. The van der Waals surface area contributed by atoms with Gasteiger partial charge in [-0.15, -0.1) is 22.7 Å². The number of anilines is 1. The zero-order chi connectivity index (χ0) is 22.5. The second-order valence-corrected chi connectivity index (χ2v) is 8.53. The average molecular weight is 457 g/mol. The van der Waals surface area contributed by atoms with Gasteiger partial charge in [0.05, 0.1) is 22.4 Å². The van der Waals surface area contributed by atoms with E-state index in [1.165, 1.54) is 25.4 Å². The number of rotatable bonds is 8. The molecule has 1 unspecified atom stereocenters. The molecule has 1 atom stereocenters. The normalized spacial score (nSPS) is 11.5. The highest BCUT2D eigenvalue weighted by atomic mass is 32.1. The molecule has 0 saturated heterocycles.